The molecule has 2 aliphatic rings. The van der Waals surface area contributed by atoms with Crippen LogP contribution in [-0.2, 0) is 0 Å². The molecule has 2 saturated heterocycles. The molecule has 0 aliphatic carbocycles. The minimum absolute atomic E-state index is 0.382. The Bertz CT molecular complexity index is 226. The van der Waals surface area contributed by atoms with Crippen molar-refractivity contribution in [1.29, 1.82) is 0 Å². The van der Waals surface area contributed by atoms with Crippen molar-refractivity contribution in [1.82, 2.24) is 4.90 Å². The van der Waals surface area contributed by atoms with E-state index in [9.17, 15) is 0 Å². The molecule has 2 aliphatic heterocycles. The summed E-state index contributed by atoms with van der Waals surface area (Å²) < 4.78 is 0. The van der Waals surface area contributed by atoms with Crippen LogP contribution in [0.15, 0.2) is 0 Å². The van der Waals surface area contributed by atoms with Gasteiger partial charge in [0, 0.05) is 12.6 Å². The third-order valence-electron chi connectivity index (χ3n) is 4.38. The topological polar surface area (TPSA) is 3.01 Å². The van der Waals surface area contributed by atoms with Gasteiger partial charge in [-0.15, -0.1) is 11.8 Å². The number of thioether (sulfide) groups is 1. The minimum atomic E-state index is 0.382. The fourth-order valence-corrected chi connectivity index (χ4v) is 4.01. The molecule has 0 N–H and O–H groups in total. The van der Waals surface area contributed by atoms with Gasteiger partial charge in [-0.2, -0.15) is 0 Å². The van der Waals surface area contributed by atoms with E-state index in [4.69, 9.17) is 0 Å². The molecule has 14 heavy (non-hydrogen) atoms. The second-order valence-corrected chi connectivity index (χ2v) is 7.29. The molecular weight excluding hydrogens is 190 g/mol. The zero-order chi connectivity index (χ0) is 10.5. The van der Waals surface area contributed by atoms with Gasteiger partial charge in [0.2, 0.25) is 0 Å². The fraction of sp³-hybridized carbons (Fsp3) is 1.00. The van der Waals surface area contributed by atoms with Gasteiger partial charge >= 0.3 is 0 Å². The predicted octanol–water partition coefficient (Wildman–Crippen LogP) is 3.06. The van der Waals surface area contributed by atoms with E-state index in [-0.39, 0.29) is 0 Å². The van der Waals surface area contributed by atoms with Crippen molar-refractivity contribution in [2.45, 2.75) is 45.5 Å². The van der Waals surface area contributed by atoms with Gasteiger partial charge in [0.05, 0.1) is 4.87 Å². The molecule has 5 atom stereocenters. The van der Waals surface area contributed by atoms with Crippen molar-refractivity contribution in [2.24, 2.45) is 17.8 Å². The van der Waals surface area contributed by atoms with E-state index in [0.29, 0.717) is 4.87 Å². The Kier molecular flexibility index (Phi) is 2.64. The van der Waals surface area contributed by atoms with E-state index in [1.54, 1.807) is 0 Å². The molecule has 0 aromatic heterocycles. The third kappa shape index (κ3) is 1.71. The van der Waals surface area contributed by atoms with Crippen LogP contribution in [0.5, 0.6) is 0 Å². The van der Waals surface area contributed by atoms with Crippen molar-refractivity contribution in [3.63, 3.8) is 0 Å². The van der Waals surface area contributed by atoms with E-state index < -0.39 is 0 Å². The van der Waals surface area contributed by atoms with E-state index in [2.05, 4.69) is 51.3 Å². The molecule has 1 nitrogen and oxygen atoms in total. The van der Waals surface area contributed by atoms with Crippen molar-refractivity contribution in [3.8, 4) is 0 Å². The van der Waals surface area contributed by atoms with Gasteiger partial charge in [-0.25, -0.2) is 0 Å². The summed E-state index contributed by atoms with van der Waals surface area (Å²) in [7, 11) is 0. The lowest BCUT2D eigenvalue weighted by Crippen LogP contribution is -2.36. The number of nitrogens with zero attached hydrogens (tertiary/aromatic N) is 1. The first-order valence-corrected chi connectivity index (χ1v) is 6.82. The first-order valence-electron chi connectivity index (χ1n) is 5.84. The van der Waals surface area contributed by atoms with Crippen LogP contribution in [0.2, 0.25) is 0 Å². The van der Waals surface area contributed by atoms with Crippen molar-refractivity contribution < 1.29 is 0 Å². The Balaban J connectivity index is 2.13. The zero-order valence-corrected chi connectivity index (χ0v) is 10.9. The van der Waals surface area contributed by atoms with Crippen LogP contribution in [0.25, 0.3) is 0 Å². The Hall–Kier alpha value is 0.310. The Morgan fingerprint density at radius 3 is 2.43 bits per heavy atom. The molecule has 2 fully saturated rings. The van der Waals surface area contributed by atoms with Crippen LogP contribution in [-0.4, -0.2) is 28.1 Å². The van der Waals surface area contributed by atoms with E-state index in [1.165, 1.54) is 12.3 Å². The van der Waals surface area contributed by atoms with Crippen molar-refractivity contribution in [2.75, 3.05) is 12.3 Å². The standard InChI is InChI=1S/C12H23NS/c1-8-7-14-12(4,5)13-6-11(13)10(3)9(8)2/h8-11H,6-7H2,1-5H3/t8?,9-,10?,11-,13?/m1/s1. The molecule has 3 unspecified atom stereocenters. The number of hydrogen-bond donors (Lipinski definition) is 0. The predicted molar refractivity (Wildman–Crippen MR) is 64.5 cm³/mol. The maximum absolute atomic E-state index is 2.67. The first kappa shape index (κ1) is 10.8. The summed E-state index contributed by atoms with van der Waals surface area (Å²) in [5.74, 6) is 3.96. The van der Waals surface area contributed by atoms with Crippen LogP contribution in [0.3, 0.4) is 0 Å². The summed E-state index contributed by atoms with van der Waals surface area (Å²) >= 11 is 2.14. The minimum Gasteiger partial charge on any atom is -0.283 e. The van der Waals surface area contributed by atoms with Gasteiger partial charge in [0.15, 0.2) is 0 Å². The lowest BCUT2D eigenvalue weighted by atomic mass is 9.84. The first-order chi connectivity index (χ1) is 6.43. The second-order valence-electron chi connectivity index (χ2n) is 5.67. The van der Waals surface area contributed by atoms with Crippen LogP contribution >= 0.6 is 11.8 Å². The van der Waals surface area contributed by atoms with Gasteiger partial charge in [-0.1, -0.05) is 20.8 Å². The highest BCUT2D eigenvalue weighted by Crippen LogP contribution is 2.47. The molecule has 0 amide bonds. The maximum Gasteiger partial charge on any atom is 0.0616 e. The van der Waals surface area contributed by atoms with Crippen molar-refractivity contribution in [3.05, 3.63) is 0 Å². The SMILES string of the molecule is CC1CSC(C)(C)N2C[C@@H]2C(C)[C@@H]1C. The summed E-state index contributed by atoms with van der Waals surface area (Å²) in [5, 5.41) is 0. The highest BCUT2D eigenvalue weighted by molar-refractivity contribution is 8.00. The van der Waals surface area contributed by atoms with E-state index in [0.717, 1.165) is 23.8 Å². The second kappa shape index (κ2) is 3.41. The van der Waals surface area contributed by atoms with E-state index >= 15 is 0 Å². The van der Waals surface area contributed by atoms with Crippen LogP contribution in [0.4, 0.5) is 0 Å². The maximum atomic E-state index is 2.67. The highest BCUT2D eigenvalue weighted by Gasteiger charge is 2.50. The molecule has 2 heteroatoms. The normalized spacial score (nSPS) is 51.6. The summed E-state index contributed by atoms with van der Waals surface area (Å²) in [6.07, 6.45) is 0. The monoisotopic (exact) mass is 213 g/mol. The lowest BCUT2D eigenvalue weighted by Gasteiger charge is -2.36. The Morgan fingerprint density at radius 1 is 1.14 bits per heavy atom. The third-order valence-corrected chi connectivity index (χ3v) is 6.01. The molecular formula is C12H23NS. The van der Waals surface area contributed by atoms with Crippen LogP contribution < -0.4 is 0 Å². The van der Waals surface area contributed by atoms with Crippen molar-refractivity contribution >= 4 is 11.8 Å². The Labute approximate surface area is 92.6 Å². The van der Waals surface area contributed by atoms with E-state index in [1.807, 2.05) is 0 Å². The van der Waals surface area contributed by atoms with Gasteiger partial charge in [-0.3, -0.25) is 4.90 Å². The van der Waals surface area contributed by atoms with Gasteiger partial charge in [0.25, 0.3) is 0 Å². The number of fused-ring (bicyclic) bond motifs is 1. The summed E-state index contributed by atoms with van der Waals surface area (Å²) in [6.45, 7) is 13.4. The number of rotatable bonds is 0. The smallest absolute Gasteiger partial charge is 0.0616 e. The largest absolute Gasteiger partial charge is 0.283 e. The van der Waals surface area contributed by atoms with Gasteiger partial charge in [0.1, 0.15) is 0 Å². The average Bonchev–Trinajstić information content (AvgIpc) is 2.90. The quantitative estimate of drug-likeness (QED) is 0.569. The highest BCUT2D eigenvalue weighted by atomic mass is 32.2. The zero-order valence-electron chi connectivity index (χ0n) is 10.1. The fourth-order valence-electron chi connectivity index (χ4n) is 2.66. The van der Waals surface area contributed by atoms with Crippen LogP contribution in [0, 0.1) is 17.8 Å². The molecule has 0 aromatic rings. The van der Waals surface area contributed by atoms with Crippen LogP contribution in [0.1, 0.15) is 34.6 Å². The Morgan fingerprint density at radius 2 is 1.79 bits per heavy atom. The molecule has 0 saturated carbocycles. The molecule has 82 valence electrons. The lowest BCUT2D eigenvalue weighted by molar-refractivity contribution is 0.237. The molecule has 0 bridgehead atoms. The van der Waals surface area contributed by atoms with Gasteiger partial charge in [-0.05, 0) is 37.4 Å². The molecule has 2 heterocycles. The molecule has 0 aromatic carbocycles. The molecule has 2 rings (SSSR count). The molecule has 0 spiro atoms. The average molecular weight is 213 g/mol. The summed E-state index contributed by atoms with van der Waals surface area (Å²) in [6, 6.07) is 0.871. The number of hydrogen-bond acceptors (Lipinski definition) is 2. The molecule has 0 radical (unpaired) electrons. The summed E-state index contributed by atoms with van der Waals surface area (Å²) in [4.78, 5) is 3.05. The summed E-state index contributed by atoms with van der Waals surface area (Å²) in [5.41, 5.74) is 0. The van der Waals surface area contributed by atoms with Gasteiger partial charge < -0.3 is 0 Å².